The van der Waals surface area contributed by atoms with Crippen molar-refractivity contribution in [3.05, 3.63) is 42.2 Å². The molecule has 6 heteroatoms. The summed E-state index contributed by atoms with van der Waals surface area (Å²) in [6.45, 7) is 8.17. The molecule has 0 atom stereocenters. The second-order valence-electron chi connectivity index (χ2n) is 6.50. The van der Waals surface area contributed by atoms with Crippen molar-refractivity contribution in [1.29, 1.82) is 0 Å². The van der Waals surface area contributed by atoms with Gasteiger partial charge in [-0.2, -0.15) is 5.10 Å². The fourth-order valence-corrected chi connectivity index (χ4v) is 2.68. The Bertz CT molecular complexity index is 630. The molecule has 5 nitrogen and oxygen atoms in total. The van der Waals surface area contributed by atoms with Gasteiger partial charge in [-0.25, -0.2) is 9.48 Å². The van der Waals surface area contributed by atoms with Crippen molar-refractivity contribution in [3.8, 4) is 11.1 Å². The molecule has 0 aliphatic rings. The van der Waals surface area contributed by atoms with Crippen LogP contribution in [0.4, 0.5) is 0 Å². The van der Waals surface area contributed by atoms with E-state index < -0.39 is 14.0 Å². The number of carbonyl (C=O) groups is 1. The molecule has 1 N–H and O–H groups in total. The molecule has 0 spiro atoms. The third kappa shape index (κ3) is 4.82. The zero-order valence-corrected chi connectivity index (χ0v) is 14.2. The molecule has 0 fully saturated rings. The van der Waals surface area contributed by atoms with E-state index in [-0.39, 0.29) is 5.56 Å². The van der Waals surface area contributed by atoms with E-state index >= 15 is 0 Å². The first-order chi connectivity index (χ1) is 10.3. The Labute approximate surface area is 131 Å². The molecule has 2 rings (SSSR count). The van der Waals surface area contributed by atoms with E-state index in [1.54, 1.807) is 35.1 Å². The Hall–Kier alpha value is -1.92. The second-order valence-corrected chi connectivity index (χ2v) is 12.1. The standard InChI is InChI=1S/C16H22N2O3Si/c1-22(2,3)9-8-21-12-18-11-15(10-17-18)13-4-6-14(7-5-13)16(19)20/h4-7,10-11H,8-9,12H2,1-3H3,(H,19,20). The first kappa shape index (κ1) is 16.4. The van der Waals surface area contributed by atoms with Gasteiger partial charge in [0.25, 0.3) is 0 Å². The number of rotatable bonds is 7. The first-order valence-corrected chi connectivity index (χ1v) is 11.0. The van der Waals surface area contributed by atoms with Gasteiger partial charge in [-0.05, 0) is 23.7 Å². The fourth-order valence-electron chi connectivity index (χ4n) is 1.92. The lowest BCUT2D eigenvalue weighted by molar-refractivity contribution is 0.0697. The fraction of sp³-hybridized carbons (Fsp3) is 0.375. The van der Waals surface area contributed by atoms with E-state index in [4.69, 9.17) is 9.84 Å². The predicted octanol–water partition coefficient (Wildman–Crippen LogP) is 3.56. The summed E-state index contributed by atoms with van der Waals surface area (Å²) in [4.78, 5) is 10.8. The molecule has 0 aliphatic carbocycles. The van der Waals surface area contributed by atoms with Crippen LogP contribution in [0.15, 0.2) is 36.7 Å². The smallest absolute Gasteiger partial charge is 0.335 e. The van der Waals surface area contributed by atoms with Crippen molar-refractivity contribution >= 4 is 14.0 Å². The van der Waals surface area contributed by atoms with Crippen molar-refractivity contribution in [1.82, 2.24) is 9.78 Å². The predicted molar refractivity (Wildman–Crippen MR) is 88.7 cm³/mol. The molecular weight excluding hydrogens is 296 g/mol. The zero-order chi connectivity index (χ0) is 16.2. The first-order valence-electron chi connectivity index (χ1n) is 7.29. The lowest BCUT2D eigenvalue weighted by atomic mass is 10.1. The van der Waals surface area contributed by atoms with Crippen LogP contribution in [-0.2, 0) is 11.5 Å². The van der Waals surface area contributed by atoms with Crippen LogP contribution in [0.3, 0.4) is 0 Å². The van der Waals surface area contributed by atoms with Gasteiger partial charge in [-0.15, -0.1) is 0 Å². The largest absolute Gasteiger partial charge is 0.478 e. The van der Waals surface area contributed by atoms with Gasteiger partial charge in [0.05, 0.1) is 11.8 Å². The molecule has 0 saturated heterocycles. The normalized spacial score (nSPS) is 11.6. The number of ether oxygens (including phenoxy) is 1. The number of carboxylic acids is 1. The summed E-state index contributed by atoms with van der Waals surface area (Å²) in [5.74, 6) is -0.918. The summed E-state index contributed by atoms with van der Waals surface area (Å²) in [5, 5.41) is 13.2. The zero-order valence-electron chi connectivity index (χ0n) is 13.2. The van der Waals surface area contributed by atoms with E-state index in [9.17, 15) is 4.79 Å². The van der Waals surface area contributed by atoms with Gasteiger partial charge in [0.1, 0.15) is 6.73 Å². The SMILES string of the molecule is C[Si](C)(C)CCOCn1cc(-c2ccc(C(=O)O)cc2)cn1. The molecule has 22 heavy (non-hydrogen) atoms. The van der Waals surface area contributed by atoms with Gasteiger partial charge in [0, 0.05) is 26.4 Å². The summed E-state index contributed by atoms with van der Waals surface area (Å²) in [7, 11) is -1.06. The van der Waals surface area contributed by atoms with Crippen molar-refractivity contribution in [3.63, 3.8) is 0 Å². The van der Waals surface area contributed by atoms with Gasteiger partial charge >= 0.3 is 5.97 Å². The van der Waals surface area contributed by atoms with E-state index in [1.807, 2.05) is 6.20 Å². The van der Waals surface area contributed by atoms with Crippen LogP contribution in [0.25, 0.3) is 11.1 Å². The monoisotopic (exact) mass is 318 g/mol. The number of hydrogen-bond acceptors (Lipinski definition) is 3. The van der Waals surface area contributed by atoms with Crippen LogP contribution in [0.5, 0.6) is 0 Å². The van der Waals surface area contributed by atoms with Gasteiger partial charge in [-0.1, -0.05) is 31.8 Å². The molecule has 2 aromatic rings. The Balaban J connectivity index is 1.92. The van der Waals surface area contributed by atoms with Crippen molar-refractivity contribution < 1.29 is 14.6 Å². The van der Waals surface area contributed by atoms with Gasteiger partial charge in [0.15, 0.2) is 0 Å². The van der Waals surface area contributed by atoms with E-state index in [1.165, 1.54) is 0 Å². The molecule has 1 aromatic carbocycles. The van der Waals surface area contributed by atoms with Crippen LogP contribution in [0.1, 0.15) is 10.4 Å². The highest BCUT2D eigenvalue weighted by molar-refractivity contribution is 6.76. The molecule has 118 valence electrons. The highest BCUT2D eigenvalue weighted by atomic mass is 28.3. The minimum atomic E-state index is -1.06. The van der Waals surface area contributed by atoms with Crippen molar-refractivity contribution in [2.45, 2.75) is 32.4 Å². The van der Waals surface area contributed by atoms with E-state index in [0.29, 0.717) is 6.73 Å². The van der Waals surface area contributed by atoms with Crippen LogP contribution in [-0.4, -0.2) is 35.5 Å². The second kappa shape index (κ2) is 6.89. The number of benzene rings is 1. The molecule has 1 aromatic heterocycles. The number of aromatic nitrogens is 2. The van der Waals surface area contributed by atoms with E-state index in [0.717, 1.165) is 23.8 Å². The number of hydrogen-bond donors (Lipinski definition) is 1. The van der Waals surface area contributed by atoms with Gasteiger partial charge in [-0.3, -0.25) is 0 Å². The average Bonchev–Trinajstić information content (AvgIpc) is 2.91. The maximum atomic E-state index is 10.8. The lowest BCUT2D eigenvalue weighted by Gasteiger charge is -2.15. The van der Waals surface area contributed by atoms with Crippen molar-refractivity contribution in [2.75, 3.05) is 6.61 Å². The number of carboxylic acid groups (broad SMARTS) is 1. The number of nitrogens with zero attached hydrogens (tertiary/aromatic N) is 2. The van der Waals surface area contributed by atoms with Crippen LogP contribution >= 0.6 is 0 Å². The summed E-state index contributed by atoms with van der Waals surface area (Å²) in [6.07, 6.45) is 3.67. The maximum Gasteiger partial charge on any atom is 0.335 e. The lowest BCUT2D eigenvalue weighted by Crippen LogP contribution is -2.22. The van der Waals surface area contributed by atoms with Crippen LogP contribution in [0.2, 0.25) is 25.7 Å². The molecule has 0 bridgehead atoms. The van der Waals surface area contributed by atoms with E-state index in [2.05, 4.69) is 24.7 Å². The summed E-state index contributed by atoms with van der Waals surface area (Å²) in [5.41, 5.74) is 2.18. The third-order valence-electron chi connectivity index (χ3n) is 3.32. The van der Waals surface area contributed by atoms with Crippen LogP contribution < -0.4 is 0 Å². The Morgan fingerprint density at radius 3 is 2.50 bits per heavy atom. The molecule has 0 unspecified atom stereocenters. The average molecular weight is 318 g/mol. The molecule has 0 saturated carbocycles. The summed E-state index contributed by atoms with van der Waals surface area (Å²) < 4.78 is 7.41. The number of aromatic carboxylic acids is 1. The maximum absolute atomic E-state index is 10.8. The Kier molecular flexibility index (Phi) is 5.15. The molecule has 1 heterocycles. The van der Waals surface area contributed by atoms with Crippen LogP contribution in [0, 0.1) is 0 Å². The summed E-state index contributed by atoms with van der Waals surface area (Å²) >= 11 is 0. The molecule has 0 aliphatic heterocycles. The van der Waals surface area contributed by atoms with Gasteiger partial charge in [0.2, 0.25) is 0 Å². The van der Waals surface area contributed by atoms with Gasteiger partial charge < -0.3 is 9.84 Å². The minimum Gasteiger partial charge on any atom is -0.478 e. The third-order valence-corrected chi connectivity index (χ3v) is 5.02. The summed E-state index contributed by atoms with van der Waals surface area (Å²) in [6, 6.07) is 7.91. The Morgan fingerprint density at radius 2 is 1.91 bits per heavy atom. The van der Waals surface area contributed by atoms with Crippen molar-refractivity contribution in [2.24, 2.45) is 0 Å². The highest BCUT2D eigenvalue weighted by Gasteiger charge is 2.12. The Morgan fingerprint density at radius 1 is 1.23 bits per heavy atom. The molecule has 0 amide bonds. The minimum absolute atomic E-state index is 0.283. The highest BCUT2D eigenvalue weighted by Crippen LogP contribution is 2.19. The topological polar surface area (TPSA) is 64.3 Å². The molecular formula is C16H22N2O3Si. The quantitative estimate of drug-likeness (QED) is 0.626. The molecule has 0 radical (unpaired) electrons.